The van der Waals surface area contributed by atoms with E-state index in [2.05, 4.69) is 19.9 Å². The molecule has 0 bridgehead atoms. The summed E-state index contributed by atoms with van der Waals surface area (Å²) < 4.78 is 0. The number of hydrogen-bond acceptors (Lipinski definition) is 5. The van der Waals surface area contributed by atoms with Crippen molar-refractivity contribution in [3.63, 3.8) is 0 Å². The summed E-state index contributed by atoms with van der Waals surface area (Å²) in [4.78, 5) is 17.3. The molecule has 0 aliphatic heterocycles. The zero-order valence-electron chi connectivity index (χ0n) is 11.3. The third-order valence-electron chi connectivity index (χ3n) is 3.19. The van der Waals surface area contributed by atoms with E-state index in [-0.39, 0.29) is 0 Å². The molecule has 3 aromatic rings. The van der Waals surface area contributed by atoms with Crippen molar-refractivity contribution in [1.82, 2.24) is 19.9 Å². The molecule has 2 aromatic heterocycles. The lowest BCUT2D eigenvalue weighted by Crippen LogP contribution is -2.01. The minimum Gasteiger partial charge on any atom is -0.389 e. The molecule has 0 fully saturated rings. The van der Waals surface area contributed by atoms with Crippen LogP contribution in [0.25, 0.3) is 22.4 Å². The number of rotatable bonds is 2. The number of aliphatic hydroxyl groups excluding tert-OH is 1. The normalized spacial score (nSPS) is 12.6. The van der Waals surface area contributed by atoms with Crippen LogP contribution in [0.1, 0.15) is 24.3 Å². The molecular formula is C15H14N4O. The van der Waals surface area contributed by atoms with Gasteiger partial charge in [0, 0.05) is 35.4 Å². The van der Waals surface area contributed by atoms with E-state index in [1.54, 1.807) is 25.5 Å². The Hall–Kier alpha value is -2.40. The summed E-state index contributed by atoms with van der Waals surface area (Å²) in [5, 5.41) is 9.61. The second-order valence-corrected chi connectivity index (χ2v) is 4.67. The Labute approximate surface area is 116 Å². The van der Waals surface area contributed by atoms with Gasteiger partial charge in [0.05, 0.1) is 17.1 Å². The van der Waals surface area contributed by atoms with Gasteiger partial charge in [-0.15, -0.1) is 0 Å². The maximum atomic E-state index is 9.61. The van der Waals surface area contributed by atoms with Crippen LogP contribution in [0.15, 0.2) is 36.8 Å². The van der Waals surface area contributed by atoms with Gasteiger partial charge >= 0.3 is 0 Å². The molecule has 0 radical (unpaired) electrons. The molecule has 0 aliphatic carbocycles. The van der Waals surface area contributed by atoms with Gasteiger partial charge in [0.15, 0.2) is 5.82 Å². The van der Waals surface area contributed by atoms with E-state index in [1.807, 2.05) is 25.1 Å². The van der Waals surface area contributed by atoms with E-state index in [4.69, 9.17) is 0 Å². The molecule has 1 aromatic carbocycles. The van der Waals surface area contributed by atoms with Crippen LogP contribution in [0.5, 0.6) is 0 Å². The van der Waals surface area contributed by atoms with Gasteiger partial charge in [-0.25, -0.2) is 9.97 Å². The highest BCUT2D eigenvalue weighted by Crippen LogP contribution is 2.22. The van der Waals surface area contributed by atoms with Crippen LogP contribution in [-0.2, 0) is 0 Å². The zero-order chi connectivity index (χ0) is 14.1. The monoisotopic (exact) mass is 266 g/mol. The second kappa shape index (κ2) is 4.94. The Bertz CT molecular complexity index is 771. The van der Waals surface area contributed by atoms with Crippen LogP contribution < -0.4 is 0 Å². The Morgan fingerprint density at radius 3 is 2.50 bits per heavy atom. The summed E-state index contributed by atoms with van der Waals surface area (Å²) in [6.45, 7) is 3.57. The molecule has 0 saturated carbocycles. The first kappa shape index (κ1) is 12.6. The lowest BCUT2D eigenvalue weighted by atomic mass is 10.1. The summed E-state index contributed by atoms with van der Waals surface area (Å²) >= 11 is 0. The number of fused-ring (bicyclic) bond motifs is 1. The predicted molar refractivity (Wildman–Crippen MR) is 75.9 cm³/mol. The summed E-state index contributed by atoms with van der Waals surface area (Å²) in [7, 11) is 0. The van der Waals surface area contributed by atoms with E-state index < -0.39 is 6.10 Å². The molecule has 1 N–H and O–H groups in total. The number of benzene rings is 1. The van der Waals surface area contributed by atoms with Gasteiger partial charge in [0.1, 0.15) is 0 Å². The highest BCUT2D eigenvalue weighted by Gasteiger charge is 2.10. The second-order valence-electron chi connectivity index (χ2n) is 4.67. The SMILES string of the molecule is Cc1nc(-c2ccc3nccnc3c2)ncc1C(C)O. The number of nitrogens with zero attached hydrogens (tertiary/aromatic N) is 4. The van der Waals surface area contributed by atoms with Gasteiger partial charge in [0.25, 0.3) is 0 Å². The van der Waals surface area contributed by atoms with Gasteiger partial charge in [-0.1, -0.05) is 0 Å². The summed E-state index contributed by atoms with van der Waals surface area (Å²) in [5.74, 6) is 0.624. The number of aryl methyl sites for hydroxylation is 1. The minimum absolute atomic E-state index is 0.563. The highest BCUT2D eigenvalue weighted by molar-refractivity contribution is 5.79. The molecule has 0 saturated heterocycles. The van der Waals surface area contributed by atoms with Gasteiger partial charge < -0.3 is 5.11 Å². The van der Waals surface area contributed by atoms with Crippen LogP contribution in [0.2, 0.25) is 0 Å². The Kier molecular flexibility index (Phi) is 3.12. The van der Waals surface area contributed by atoms with Gasteiger partial charge in [-0.3, -0.25) is 9.97 Å². The quantitative estimate of drug-likeness (QED) is 0.771. The fourth-order valence-electron chi connectivity index (χ4n) is 2.13. The lowest BCUT2D eigenvalue weighted by Gasteiger charge is -2.09. The fraction of sp³-hybridized carbons (Fsp3) is 0.200. The molecular weight excluding hydrogens is 252 g/mol. The van der Waals surface area contributed by atoms with Crippen molar-refractivity contribution < 1.29 is 5.11 Å². The average molecular weight is 266 g/mol. The largest absolute Gasteiger partial charge is 0.389 e. The van der Waals surface area contributed by atoms with E-state index in [9.17, 15) is 5.11 Å². The minimum atomic E-state index is -0.563. The van der Waals surface area contributed by atoms with Crippen molar-refractivity contribution in [1.29, 1.82) is 0 Å². The molecule has 2 heterocycles. The highest BCUT2D eigenvalue weighted by atomic mass is 16.3. The molecule has 3 rings (SSSR count). The molecule has 0 aliphatic rings. The number of aromatic nitrogens is 4. The van der Waals surface area contributed by atoms with Crippen molar-refractivity contribution in [3.8, 4) is 11.4 Å². The van der Waals surface area contributed by atoms with Gasteiger partial charge in [0.2, 0.25) is 0 Å². The van der Waals surface area contributed by atoms with Gasteiger partial charge in [-0.05, 0) is 32.0 Å². The Balaban J connectivity index is 2.08. The molecule has 0 amide bonds. The molecule has 100 valence electrons. The first-order chi connectivity index (χ1) is 9.65. The third-order valence-corrected chi connectivity index (χ3v) is 3.19. The molecule has 1 unspecified atom stereocenters. The van der Waals surface area contributed by atoms with E-state index in [0.29, 0.717) is 5.82 Å². The van der Waals surface area contributed by atoms with Crippen LogP contribution in [0, 0.1) is 6.92 Å². The van der Waals surface area contributed by atoms with Gasteiger partial charge in [-0.2, -0.15) is 0 Å². The maximum Gasteiger partial charge on any atom is 0.159 e. The Morgan fingerprint density at radius 1 is 1.05 bits per heavy atom. The smallest absolute Gasteiger partial charge is 0.159 e. The molecule has 20 heavy (non-hydrogen) atoms. The third kappa shape index (κ3) is 2.23. The van der Waals surface area contributed by atoms with Crippen molar-refractivity contribution in [3.05, 3.63) is 48.0 Å². The average Bonchev–Trinajstić information content (AvgIpc) is 2.46. The van der Waals surface area contributed by atoms with Crippen LogP contribution in [0.3, 0.4) is 0 Å². The molecule has 5 heteroatoms. The van der Waals surface area contributed by atoms with Crippen molar-refractivity contribution in [2.75, 3.05) is 0 Å². The first-order valence-electron chi connectivity index (χ1n) is 6.38. The zero-order valence-corrected chi connectivity index (χ0v) is 11.3. The van der Waals surface area contributed by atoms with E-state index in [1.165, 1.54) is 0 Å². The van der Waals surface area contributed by atoms with Crippen LogP contribution in [-0.4, -0.2) is 25.0 Å². The fourth-order valence-corrected chi connectivity index (χ4v) is 2.13. The predicted octanol–water partition coefficient (Wildman–Crippen LogP) is 2.45. The van der Waals surface area contributed by atoms with Crippen molar-refractivity contribution >= 4 is 11.0 Å². The summed E-state index contributed by atoms with van der Waals surface area (Å²) in [6, 6.07) is 5.74. The number of hydrogen-bond donors (Lipinski definition) is 1. The Morgan fingerprint density at radius 2 is 1.80 bits per heavy atom. The topological polar surface area (TPSA) is 71.8 Å². The number of aliphatic hydroxyl groups is 1. The maximum absolute atomic E-state index is 9.61. The molecule has 1 atom stereocenters. The lowest BCUT2D eigenvalue weighted by molar-refractivity contribution is 0.197. The van der Waals surface area contributed by atoms with Crippen molar-refractivity contribution in [2.24, 2.45) is 0 Å². The first-order valence-corrected chi connectivity index (χ1v) is 6.38. The summed E-state index contributed by atoms with van der Waals surface area (Å²) in [6.07, 6.45) is 4.43. The molecule has 5 nitrogen and oxygen atoms in total. The van der Waals surface area contributed by atoms with E-state index in [0.717, 1.165) is 27.9 Å². The molecule has 0 spiro atoms. The van der Waals surface area contributed by atoms with Crippen molar-refractivity contribution in [2.45, 2.75) is 20.0 Å². The van der Waals surface area contributed by atoms with E-state index >= 15 is 0 Å². The standard InChI is InChI=1S/C15H14N4O/c1-9-12(10(2)20)8-18-15(19-9)11-3-4-13-14(7-11)17-6-5-16-13/h3-8,10,20H,1-2H3. The summed E-state index contributed by atoms with van der Waals surface area (Å²) in [5.41, 5.74) is 4.07. The van der Waals surface area contributed by atoms with Crippen LogP contribution >= 0.6 is 0 Å². The van der Waals surface area contributed by atoms with Crippen LogP contribution in [0.4, 0.5) is 0 Å².